The van der Waals surface area contributed by atoms with E-state index in [-0.39, 0.29) is 11.9 Å². The fraction of sp³-hybridized carbons (Fsp3) is 0.296. The smallest absolute Gasteiger partial charge is 0.191 e. The maximum absolute atomic E-state index is 13.2. The number of ether oxygens (including phenoxy) is 2. The Morgan fingerprint density at radius 3 is 2.54 bits per heavy atom. The largest absolute Gasteiger partial charge is 0.486 e. The molecule has 4 aromatic rings. The first-order chi connectivity index (χ1) is 17.0. The molecule has 8 heteroatoms. The zero-order chi connectivity index (χ0) is 24.4. The molecule has 0 aliphatic carbocycles. The molecule has 2 aromatic carbocycles. The van der Waals surface area contributed by atoms with Gasteiger partial charge in [-0.1, -0.05) is 54.2 Å². The third-order valence-electron chi connectivity index (χ3n) is 6.25. The number of fused-ring (bicyclic) bond motifs is 1. The highest BCUT2D eigenvalue weighted by atomic mass is 32.2. The summed E-state index contributed by atoms with van der Waals surface area (Å²) in [6.07, 6.45) is -0.119. The van der Waals surface area contributed by atoms with Crippen molar-refractivity contribution in [2.45, 2.75) is 45.1 Å². The minimum absolute atomic E-state index is 0.0763. The lowest BCUT2D eigenvalue weighted by molar-refractivity contribution is 0.0777. The summed E-state index contributed by atoms with van der Waals surface area (Å²) >= 11 is 1.43. The first kappa shape index (κ1) is 23.2. The van der Waals surface area contributed by atoms with E-state index in [0.717, 1.165) is 39.4 Å². The molecule has 0 saturated carbocycles. The number of carbonyl (C=O) groups excluding carboxylic acids is 1. The molecule has 1 unspecified atom stereocenters. The van der Waals surface area contributed by atoms with Gasteiger partial charge in [-0.05, 0) is 44.5 Å². The molecule has 1 aliphatic rings. The van der Waals surface area contributed by atoms with Crippen molar-refractivity contribution in [1.29, 1.82) is 0 Å². The predicted molar refractivity (Wildman–Crippen MR) is 136 cm³/mol. The maximum Gasteiger partial charge on any atom is 0.191 e. The van der Waals surface area contributed by atoms with Crippen molar-refractivity contribution in [3.63, 3.8) is 0 Å². The van der Waals surface area contributed by atoms with E-state index >= 15 is 0 Å². The van der Waals surface area contributed by atoms with Crippen LogP contribution in [0, 0.1) is 20.8 Å². The van der Waals surface area contributed by atoms with Crippen molar-refractivity contribution >= 4 is 17.5 Å². The summed E-state index contributed by atoms with van der Waals surface area (Å²) in [6.45, 7) is 7.72. The number of carbonyl (C=O) groups is 1. The molecule has 0 radical (unpaired) electrons. The van der Waals surface area contributed by atoms with E-state index in [0.29, 0.717) is 25.4 Å². The quantitative estimate of drug-likeness (QED) is 0.260. The Kier molecular flexibility index (Phi) is 6.63. The lowest BCUT2D eigenvalue weighted by atomic mass is 10.2. The first-order valence-corrected chi connectivity index (χ1v) is 12.6. The maximum atomic E-state index is 13.2. The van der Waals surface area contributed by atoms with Gasteiger partial charge in [0.05, 0.1) is 18.8 Å². The molecule has 0 fully saturated rings. The number of ketones is 1. The summed E-state index contributed by atoms with van der Waals surface area (Å²) in [7, 11) is 0. The van der Waals surface area contributed by atoms with E-state index in [9.17, 15) is 4.79 Å². The minimum atomic E-state index is -0.119. The number of para-hydroxylation sites is 2. The third kappa shape index (κ3) is 4.98. The molecule has 0 bridgehead atoms. The molecular weight excluding hydrogens is 460 g/mol. The molecule has 7 nitrogen and oxygen atoms in total. The van der Waals surface area contributed by atoms with E-state index in [1.807, 2.05) is 69.3 Å². The minimum Gasteiger partial charge on any atom is -0.486 e. The summed E-state index contributed by atoms with van der Waals surface area (Å²) in [5, 5.41) is 9.29. The van der Waals surface area contributed by atoms with Gasteiger partial charge in [-0.3, -0.25) is 4.79 Å². The van der Waals surface area contributed by atoms with Gasteiger partial charge in [0.1, 0.15) is 12.4 Å². The molecule has 0 spiro atoms. The van der Waals surface area contributed by atoms with Gasteiger partial charge in [-0.2, -0.15) is 0 Å². The molecule has 1 aliphatic heterocycles. The number of aromatic nitrogens is 4. The van der Waals surface area contributed by atoms with Gasteiger partial charge in [0.15, 0.2) is 28.5 Å². The van der Waals surface area contributed by atoms with Crippen molar-refractivity contribution in [2.24, 2.45) is 0 Å². The fourth-order valence-electron chi connectivity index (χ4n) is 4.35. The van der Waals surface area contributed by atoms with E-state index in [4.69, 9.17) is 9.47 Å². The van der Waals surface area contributed by atoms with Crippen molar-refractivity contribution in [2.75, 3.05) is 12.4 Å². The molecule has 2 aromatic heterocycles. The fourth-order valence-corrected chi connectivity index (χ4v) is 5.21. The van der Waals surface area contributed by atoms with Crippen LogP contribution >= 0.6 is 11.8 Å². The van der Waals surface area contributed by atoms with E-state index in [1.165, 1.54) is 17.3 Å². The monoisotopic (exact) mass is 488 g/mol. The van der Waals surface area contributed by atoms with E-state index < -0.39 is 0 Å². The molecule has 5 rings (SSSR count). The second-order valence-electron chi connectivity index (χ2n) is 8.71. The van der Waals surface area contributed by atoms with Gasteiger partial charge >= 0.3 is 0 Å². The summed E-state index contributed by atoms with van der Waals surface area (Å²) in [4.78, 5) is 13.2. The highest BCUT2D eigenvalue weighted by Crippen LogP contribution is 2.32. The Bertz CT molecular complexity index is 1350. The Morgan fingerprint density at radius 2 is 1.74 bits per heavy atom. The molecule has 35 heavy (non-hydrogen) atoms. The van der Waals surface area contributed by atoms with E-state index in [2.05, 4.69) is 31.5 Å². The Balaban J connectivity index is 1.26. The van der Waals surface area contributed by atoms with Gasteiger partial charge < -0.3 is 18.6 Å². The zero-order valence-corrected chi connectivity index (χ0v) is 20.9. The molecular formula is C27H28N4O3S. The number of nitrogens with zero attached hydrogens (tertiary/aromatic N) is 4. The molecule has 1 atom stereocenters. The van der Waals surface area contributed by atoms with Crippen LogP contribution in [0.3, 0.4) is 0 Å². The van der Waals surface area contributed by atoms with Crippen LogP contribution in [-0.2, 0) is 13.1 Å². The summed E-state index contributed by atoms with van der Waals surface area (Å²) < 4.78 is 16.2. The van der Waals surface area contributed by atoms with Gasteiger partial charge in [0.2, 0.25) is 0 Å². The van der Waals surface area contributed by atoms with Crippen LogP contribution in [0.5, 0.6) is 11.5 Å². The molecule has 0 amide bonds. The van der Waals surface area contributed by atoms with Crippen molar-refractivity contribution in [3.8, 4) is 11.5 Å². The van der Waals surface area contributed by atoms with Gasteiger partial charge in [-0.25, -0.2) is 0 Å². The Hall–Kier alpha value is -3.52. The normalized spacial score (nSPS) is 14.8. The van der Waals surface area contributed by atoms with Crippen LogP contribution in [0.25, 0.3) is 0 Å². The standard InChI is InChI=1S/C27H28N4O3S/c1-18-13-23(19(2)30(18)15-22-16-33-25-11-7-8-12-26(25)34-22)24(32)17-35-27-29-28-20(3)31(27)14-21-9-5-4-6-10-21/h4-13,22H,14-17H2,1-3H3. The van der Waals surface area contributed by atoms with Crippen molar-refractivity contribution in [1.82, 2.24) is 19.3 Å². The van der Waals surface area contributed by atoms with Crippen LogP contribution in [0.4, 0.5) is 0 Å². The SMILES string of the molecule is Cc1cc(C(=O)CSc2nnc(C)n2Cc2ccccc2)c(C)n1CC1COc2ccccc2O1. The summed E-state index contributed by atoms with van der Waals surface area (Å²) in [5.41, 5.74) is 3.88. The summed E-state index contributed by atoms with van der Waals surface area (Å²) in [5.74, 6) is 2.74. The number of thioether (sulfide) groups is 1. The predicted octanol–water partition coefficient (Wildman–Crippen LogP) is 4.87. The second kappa shape index (κ2) is 10.00. The Labute approximate surface area is 209 Å². The van der Waals surface area contributed by atoms with Crippen LogP contribution < -0.4 is 9.47 Å². The van der Waals surface area contributed by atoms with Crippen LogP contribution in [-0.4, -0.2) is 43.6 Å². The number of aryl methyl sites for hydroxylation is 2. The number of hydrogen-bond acceptors (Lipinski definition) is 6. The third-order valence-corrected chi connectivity index (χ3v) is 7.21. The number of benzene rings is 2. The van der Waals surface area contributed by atoms with Gasteiger partial charge in [0, 0.05) is 17.0 Å². The van der Waals surface area contributed by atoms with Crippen molar-refractivity contribution in [3.05, 3.63) is 89.0 Å². The number of hydrogen-bond donors (Lipinski definition) is 0. The molecule has 0 saturated heterocycles. The lowest BCUT2D eigenvalue weighted by Crippen LogP contribution is -2.33. The highest BCUT2D eigenvalue weighted by Gasteiger charge is 2.24. The van der Waals surface area contributed by atoms with Crippen LogP contribution in [0.2, 0.25) is 0 Å². The van der Waals surface area contributed by atoms with Gasteiger partial charge in [-0.15, -0.1) is 10.2 Å². The molecule has 3 heterocycles. The molecule has 180 valence electrons. The summed E-state index contributed by atoms with van der Waals surface area (Å²) in [6, 6.07) is 19.9. The average molecular weight is 489 g/mol. The van der Waals surface area contributed by atoms with Gasteiger partial charge in [0.25, 0.3) is 0 Å². The first-order valence-electron chi connectivity index (χ1n) is 11.6. The van der Waals surface area contributed by atoms with E-state index in [1.54, 1.807) is 0 Å². The molecule has 0 N–H and O–H groups in total. The van der Waals surface area contributed by atoms with Crippen LogP contribution in [0.15, 0.2) is 65.8 Å². The Morgan fingerprint density at radius 1 is 1.00 bits per heavy atom. The highest BCUT2D eigenvalue weighted by molar-refractivity contribution is 7.99. The average Bonchev–Trinajstić information content (AvgIpc) is 3.36. The number of Topliss-reactive ketones (excluding diaryl/α,β-unsaturated/α-hetero) is 1. The second-order valence-corrected chi connectivity index (χ2v) is 9.65. The van der Waals surface area contributed by atoms with Crippen LogP contribution in [0.1, 0.15) is 33.1 Å². The topological polar surface area (TPSA) is 71.2 Å². The zero-order valence-electron chi connectivity index (χ0n) is 20.1. The van der Waals surface area contributed by atoms with Crippen molar-refractivity contribution < 1.29 is 14.3 Å². The lowest BCUT2D eigenvalue weighted by Gasteiger charge is -2.27. The number of rotatable bonds is 8.